The molecule has 124 valence electrons. The Labute approximate surface area is 145 Å². The maximum atomic E-state index is 6.18. The van der Waals surface area contributed by atoms with E-state index in [1.54, 1.807) is 0 Å². The van der Waals surface area contributed by atoms with Crippen LogP contribution in [0.3, 0.4) is 0 Å². The lowest BCUT2D eigenvalue weighted by atomic mass is 9.98. The summed E-state index contributed by atoms with van der Waals surface area (Å²) in [6.07, 6.45) is 4.48. The average Bonchev–Trinajstić information content (AvgIpc) is 3.38. The van der Waals surface area contributed by atoms with Crippen LogP contribution in [0.5, 0.6) is 5.75 Å². The lowest BCUT2D eigenvalue weighted by Crippen LogP contribution is -2.21. The van der Waals surface area contributed by atoms with Crippen LogP contribution in [0.25, 0.3) is 11.1 Å². The minimum absolute atomic E-state index is 0. The fourth-order valence-corrected chi connectivity index (χ4v) is 2.61. The minimum Gasteiger partial charge on any atom is -0.493 e. The Hall–Kier alpha value is -1.51. The van der Waals surface area contributed by atoms with Crippen molar-refractivity contribution in [1.29, 1.82) is 0 Å². The van der Waals surface area contributed by atoms with Crippen LogP contribution in [0.2, 0.25) is 0 Å². The van der Waals surface area contributed by atoms with Crippen LogP contribution in [0.4, 0.5) is 0 Å². The first-order valence-electron chi connectivity index (χ1n) is 8.33. The zero-order valence-electron chi connectivity index (χ0n) is 13.7. The third-order valence-electron chi connectivity index (χ3n) is 4.35. The normalized spacial score (nSPS) is 14.9. The van der Waals surface area contributed by atoms with E-state index in [2.05, 4.69) is 49.4 Å². The second-order valence-electron chi connectivity index (χ2n) is 6.32. The quantitative estimate of drug-likeness (QED) is 0.787. The number of hydrogen-bond acceptors (Lipinski definition) is 2. The Balaban J connectivity index is 0.00000192. The van der Waals surface area contributed by atoms with Crippen LogP contribution in [0.1, 0.15) is 31.7 Å². The van der Waals surface area contributed by atoms with Gasteiger partial charge in [0.05, 0.1) is 6.61 Å². The molecule has 1 unspecified atom stereocenters. The summed E-state index contributed by atoms with van der Waals surface area (Å²) in [6, 6.07) is 17.2. The highest BCUT2D eigenvalue weighted by molar-refractivity contribution is 5.85. The van der Waals surface area contributed by atoms with Crippen molar-refractivity contribution in [2.75, 3.05) is 6.61 Å². The van der Waals surface area contributed by atoms with Gasteiger partial charge in [-0.3, -0.25) is 0 Å². The van der Waals surface area contributed by atoms with E-state index >= 15 is 0 Å². The van der Waals surface area contributed by atoms with Crippen molar-refractivity contribution < 1.29 is 4.74 Å². The van der Waals surface area contributed by atoms with Crippen LogP contribution < -0.4 is 10.5 Å². The minimum atomic E-state index is 0. The summed E-state index contributed by atoms with van der Waals surface area (Å²) in [5.74, 6) is 1.77. The number of benzene rings is 2. The Morgan fingerprint density at radius 2 is 1.83 bits per heavy atom. The van der Waals surface area contributed by atoms with Crippen LogP contribution in [0.15, 0.2) is 48.5 Å². The van der Waals surface area contributed by atoms with Crippen molar-refractivity contribution in [2.45, 2.75) is 38.6 Å². The monoisotopic (exact) mass is 331 g/mol. The fraction of sp³-hybridized carbons (Fsp3) is 0.400. The first-order valence-corrected chi connectivity index (χ1v) is 8.33. The van der Waals surface area contributed by atoms with E-state index in [0.717, 1.165) is 31.1 Å². The van der Waals surface area contributed by atoms with Gasteiger partial charge in [0.25, 0.3) is 0 Å². The van der Waals surface area contributed by atoms with E-state index in [0.29, 0.717) is 0 Å². The molecule has 0 bridgehead atoms. The summed E-state index contributed by atoms with van der Waals surface area (Å²) >= 11 is 0. The second-order valence-corrected chi connectivity index (χ2v) is 6.32. The van der Waals surface area contributed by atoms with Gasteiger partial charge in [0, 0.05) is 6.04 Å². The predicted molar refractivity (Wildman–Crippen MR) is 99.3 cm³/mol. The van der Waals surface area contributed by atoms with E-state index in [1.165, 1.54) is 29.5 Å². The van der Waals surface area contributed by atoms with Gasteiger partial charge < -0.3 is 10.5 Å². The third kappa shape index (κ3) is 4.98. The van der Waals surface area contributed by atoms with Gasteiger partial charge in [-0.15, -0.1) is 12.4 Å². The molecule has 0 radical (unpaired) electrons. The molecule has 2 aromatic carbocycles. The lowest BCUT2D eigenvalue weighted by molar-refractivity contribution is 0.296. The van der Waals surface area contributed by atoms with Crippen LogP contribution >= 0.6 is 12.4 Å². The molecule has 1 atom stereocenters. The fourth-order valence-electron chi connectivity index (χ4n) is 2.61. The van der Waals surface area contributed by atoms with Crippen molar-refractivity contribution >= 4 is 12.4 Å². The first kappa shape index (κ1) is 17.8. The van der Waals surface area contributed by atoms with E-state index in [4.69, 9.17) is 10.5 Å². The summed E-state index contributed by atoms with van der Waals surface area (Å²) < 4.78 is 6.04. The first-order chi connectivity index (χ1) is 10.8. The molecule has 0 amide bonds. The van der Waals surface area contributed by atoms with E-state index in [-0.39, 0.29) is 18.4 Å². The molecule has 1 aliphatic rings. The van der Waals surface area contributed by atoms with Crippen molar-refractivity contribution in [3.63, 3.8) is 0 Å². The molecule has 1 fully saturated rings. The van der Waals surface area contributed by atoms with Gasteiger partial charge >= 0.3 is 0 Å². The van der Waals surface area contributed by atoms with Crippen LogP contribution in [-0.4, -0.2) is 12.6 Å². The van der Waals surface area contributed by atoms with Gasteiger partial charge in [0.1, 0.15) is 5.75 Å². The molecule has 1 aliphatic carbocycles. The molecule has 2 N–H and O–H groups in total. The Morgan fingerprint density at radius 1 is 1.09 bits per heavy atom. The summed E-state index contributed by atoms with van der Waals surface area (Å²) in [6.45, 7) is 2.98. The summed E-state index contributed by atoms with van der Waals surface area (Å²) in [5, 5.41) is 0. The van der Waals surface area contributed by atoms with Gasteiger partial charge in [0.2, 0.25) is 0 Å². The number of ether oxygens (including phenoxy) is 1. The molecule has 3 rings (SSSR count). The molecule has 0 spiro atoms. The molecular formula is C20H26ClNO. The molecule has 0 heterocycles. The van der Waals surface area contributed by atoms with Gasteiger partial charge in [-0.2, -0.15) is 0 Å². The van der Waals surface area contributed by atoms with Crippen LogP contribution in [-0.2, 0) is 6.42 Å². The van der Waals surface area contributed by atoms with Gasteiger partial charge in [-0.25, -0.2) is 0 Å². The van der Waals surface area contributed by atoms with Crippen molar-refractivity contribution in [3.05, 3.63) is 54.1 Å². The summed E-state index contributed by atoms with van der Waals surface area (Å²) in [7, 11) is 0. The summed E-state index contributed by atoms with van der Waals surface area (Å²) in [5.41, 5.74) is 9.88. The standard InChI is InChI=1S/C20H25NO.ClH/c1-2-19(21)13-18-12-17(16-6-4-3-5-7-16)10-11-20(18)22-14-15-8-9-15;/h3-7,10-12,15,19H,2,8-9,13-14,21H2,1H3;1H. The Morgan fingerprint density at radius 3 is 2.48 bits per heavy atom. The molecule has 0 aromatic heterocycles. The van der Waals surface area contributed by atoms with Crippen LogP contribution in [0, 0.1) is 5.92 Å². The van der Waals surface area contributed by atoms with Gasteiger partial charge in [0.15, 0.2) is 0 Å². The second kappa shape index (κ2) is 8.37. The molecular weight excluding hydrogens is 306 g/mol. The zero-order chi connectivity index (χ0) is 15.4. The molecule has 0 aliphatic heterocycles. The smallest absolute Gasteiger partial charge is 0.122 e. The molecule has 0 saturated heterocycles. The number of rotatable bonds is 7. The van der Waals surface area contributed by atoms with E-state index < -0.39 is 0 Å². The van der Waals surface area contributed by atoms with Gasteiger partial charge in [-0.05, 0) is 60.4 Å². The highest BCUT2D eigenvalue weighted by atomic mass is 35.5. The highest BCUT2D eigenvalue weighted by Crippen LogP contribution is 2.32. The topological polar surface area (TPSA) is 35.2 Å². The predicted octanol–water partition coefficient (Wildman–Crippen LogP) is 4.84. The van der Waals surface area contributed by atoms with Gasteiger partial charge in [-0.1, -0.05) is 43.3 Å². The molecule has 23 heavy (non-hydrogen) atoms. The Bertz CT molecular complexity index is 610. The van der Waals surface area contributed by atoms with Crippen molar-refractivity contribution in [1.82, 2.24) is 0 Å². The Kier molecular flexibility index (Phi) is 6.49. The van der Waals surface area contributed by atoms with Crippen molar-refractivity contribution in [3.8, 4) is 16.9 Å². The largest absolute Gasteiger partial charge is 0.493 e. The number of nitrogens with two attached hydrogens (primary N) is 1. The third-order valence-corrected chi connectivity index (χ3v) is 4.35. The molecule has 2 nitrogen and oxygen atoms in total. The summed E-state index contributed by atoms with van der Waals surface area (Å²) in [4.78, 5) is 0. The van der Waals surface area contributed by atoms with E-state index in [1.807, 2.05) is 6.07 Å². The van der Waals surface area contributed by atoms with Crippen molar-refractivity contribution in [2.24, 2.45) is 11.7 Å². The SMILES string of the molecule is CCC(N)Cc1cc(-c2ccccc2)ccc1OCC1CC1.Cl. The number of hydrogen-bond donors (Lipinski definition) is 1. The zero-order valence-corrected chi connectivity index (χ0v) is 14.5. The maximum Gasteiger partial charge on any atom is 0.122 e. The number of halogens is 1. The molecule has 3 heteroatoms. The molecule has 2 aromatic rings. The van der Waals surface area contributed by atoms with E-state index in [9.17, 15) is 0 Å². The molecule has 1 saturated carbocycles. The lowest BCUT2D eigenvalue weighted by Gasteiger charge is -2.16. The highest BCUT2D eigenvalue weighted by Gasteiger charge is 2.22. The average molecular weight is 332 g/mol. The maximum absolute atomic E-state index is 6.18.